The van der Waals surface area contributed by atoms with Crippen LogP contribution in [0.2, 0.25) is 0 Å². The number of benzene rings is 2. The summed E-state index contributed by atoms with van der Waals surface area (Å²) in [6.45, 7) is 4.16. The monoisotopic (exact) mass is 366 g/mol. The fraction of sp³-hybridized carbons (Fsp3) is 0.500. The molecule has 2 aliphatic carbocycles. The Morgan fingerprint density at radius 2 is 1.74 bits per heavy atom. The van der Waals surface area contributed by atoms with Gasteiger partial charge in [0.25, 0.3) is 0 Å². The highest BCUT2D eigenvalue weighted by Gasteiger charge is 2.61. The fourth-order valence-corrected chi connectivity index (χ4v) is 5.97. The minimum atomic E-state index is -1.24. The van der Waals surface area contributed by atoms with Crippen LogP contribution in [0.4, 0.5) is 0 Å². The molecule has 0 radical (unpaired) electrons. The lowest BCUT2D eigenvalue weighted by Gasteiger charge is -2.60. The number of fused-ring (bicyclic) bond motifs is 3. The Morgan fingerprint density at radius 3 is 2.41 bits per heavy atom. The minimum Gasteiger partial charge on any atom is -0.508 e. The van der Waals surface area contributed by atoms with Crippen LogP contribution in [0.15, 0.2) is 48.5 Å². The Kier molecular flexibility index (Phi) is 4.36. The Bertz CT molecular complexity index is 833. The maximum Gasteiger partial charge on any atom is 0.118 e. The van der Waals surface area contributed by atoms with Gasteiger partial charge in [-0.3, -0.25) is 0 Å². The summed E-state index contributed by atoms with van der Waals surface area (Å²) in [6.07, 6.45) is 4.41. The van der Waals surface area contributed by atoms with Gasteiger partial charge in [0.05, 0.1) is 5.60 Å². The lowest BCUT2D eigenvalue weighted by atomic mass is 9.48. The first-order valence-corrected chi connectivity index (χ1v) is 10.2. The molecule has 0 bridgehead atoms. The van der Waals surface area contributed by atoms with E-state index in [2.05, 4.69) is 6.92 Å². The number of rotatable bonds is 3. The Hall–Kier alpha value is -1.84. The number of aliphatic hydroxyl groups is 2. The molecule has 1 fully saturated rings. The molecule has 144 valence electrons. The molecule has 3 nitrogen and oxygen atoms in total. The zero-order chi connectivity index (χ0) is 19.3. The summed E-state index contributed by atoms with van der Waals surface area (Å²) in [4.78, 5) is 0. The van der Waals surface area contributed by atoms with Crippen molar-refractivity contribution in [2.45, 2.75) is 69.0 Å². The van der Waals surface area contributed by atoms with E-state index in [9.17, 15) is 15.3 Å². The zero-order valence-electron chi connectivity index (χ0n) is 16.3. The van der Waals surface area contributed by atoms with Crippen molar-refractivity contribution in [1.29, 1.82) is 0 Å². The third-order valence-corrected chi connectivity index (χ3v) is 7.56. The van der Waals surface area contributed by atoms with Crippen LogP contribution in [-0.4, -0.2) is 20.9 Å². The van der Waals surface area contributed by atoms with E-state index in [0.29, 0.717) is 30.9 Å². The molecule has 2 aromatic rings. The summed E-state index contributed by atoms with van der Waals surface area (Å²) in [5, 5.41) is 33.5. The first-order chi connectivity index (χ1) is 12.9. The van der Waals surface area contributed by atoms with Crippen molar-refractivity contribution in [3.63, 3.8) is 0 Å². The largest absolute Gasteiger partial charge is 0.508 e. The molecule has 4 atom stereocenters. The summed E-state index contributed by atoms with van der Waals surface area (Å²) in [5.41, 5.74) is 0.676. The lowest BCUT2D eigenvalue weighted by molar-refractivity contribution is -0.215. The molecule has 0 amide bonds. The first kappa shape index (κ1) is 18.5. The van der Waals surface area contributed by atoms with Gasteiger partial charge in [0.1, 0.15) is 11.4 Å². The SMILES string of the molecule is CC[C@@]12C[C@](O)(CC)[C@](O)(c3ccccc3)C[C@H]1CCc1cc(O)ccc12. The average Bonchev–Trinajstić information content (AvgIpc) is 2.69. The van der Waals surface area contributed by atoms with Crippen LogP contribution < -0.4 is 0 Å². The number of hydrogen-bond acceptors (Lipinski definition) is 3. The number of phenols is 1. The molecule has 0 aliphatic heterocycles. The van der Waals surface area contributed by atoms with Gasteiger partial charge in [-0.15, -0.1) is 0 Å². The van der Waals surface area contributed by atoms with Crippen molar-refractivity contribution in [1.82, 2.24) is 0 Å². The van der Waals surface area contributed by atoms with Gasteiger partial charge < -0.3 is 15.3 Å². The van der Waals surface area contributed by atoms with Gasteiger partial charge in [0, 0.05) is 5.41 Å². The van der Waals surface area contributed by atoms with E-state index in [1.54, 1.807) is 6.07 Å². The molecule has 4 rings (SSSR count). The van der Waals surface area contributed by atoms with E-state index >= 15 is 0 Å². The number of aromatic hydroxyl groups is 1. The van der Waals surface area contributed by atoms with Crippen LogP contribution in [0.3, 0.4) is 0 Å². The zero-order valence-corrected chi connectivity index (χ0v) is 16.3. The molecule has 0 heterocycles. The molecular weight excluding hydrogens is 336 g/mol. The van der Waals surface area contributed by atoms with Gasteiger partial charge in [-0.2, -0.15) is 0 Å². The van der Waals surface area contributed by atoms with Gasteiger partial charge in [-0.05, 0) is 73.3 Å². The molecule has 0 unspecified atom stereocenters. The molecular formula is C24H30O3. The second kappa shape index (κ2) is 6.35. The third-order valence-electron chi connectivity index (χ3n) is 7.56. The van der Waals surface area contributed by atoms with Gasteiger partial charge >= 0.3 is 0 Å². The van der Waals surface area contributed by atoms with Crippen molar-refractivity contribution >= 4 is 0 Å². The molecule has 27 heavy (non-hydrogen) atoms. The standard InChI is InChI=1S/C24H30O3/c1-3-22-16-23(26,4-2)24(27,18-8-6-5-7-9-18)15-19(22)11-10-17-14-20(25)12-13-21(17)22/h5-9,12-14,19,25-27H,3-4,10-11,15-16H2,1-2H3/t19-,22-,23-,24-/m1/s1. The summed E-state index contributed by atoms with van der Waals surface area (Å²) < 4.78 is 0. The van der Waals surface area contributed by atoms with Gasteiger partial charge in [-0.25, -0.2) is 0 Å². The Morgan fingerprint density at radius 1 is 1.00 bits per heavy atom. The molecule has 1 saturated carbocycles. The van der Waals surface area contributed by atoms with Crippen molar-refractivity contribution in [2.75, 3.05) is 0 Å². The van der Waals surface area contributed by atoms with Crippen molar-refractivity contribution in [2.24, 2.45) is 5.92 Å². The van der Waals surface area contributed by atoms with Gasteiger partial charge in [0.2, 0.25) is 0 Å². The van der Waals surface area contributed by atoms with E-state index in [1.165, 1.54) is 11.1 Å². The second-order valence-electron chi connectivity index (χ2n) is 8.58. The van der Waals surface area contributed by atoms with E-state index in [4.69, 9.17) is 0 Å². The molecule has 0 spiro atoms. The Balaban J connectivity index is 1.86. The van der Waals surface area contributed by atoms with Crippen molar-refractivity contribution in [3.8, 4) is 5.75 Å². The van der Waals surface area contributed by atoms with Crippen LogP contribution in [-0.2, 0) is 17.4 Å². The topological polar surface area (TPSA) is 60.7 Å². The minimum absolute atomic E-state index is 0.160. The predicted octanol–water partition coefficient (Wildman–Crippen LogP) is 4.43. The smallest absolute Gasteiger partial charge is 0.118 e. The van der Waals surface area contributed by atoms with E-state index in [1.807, 2.05) is 49.4 Å². The van der Waals surface area contributed by atoms with Crippen LogP contribution >= 0.6 is 0 Å². The maximum atomic E-state index is 11.8. The normalized spacial score (nSPS) is 35.3. The van der Waals surface area contributed by atoms with Gasteiger partial charge in [0.15, 0.2) is 0 Å². The average molecular weight is 367 g/mol. The quantitative estimate of drug-likeness (QED) is 0.753. The molecule has 0 saturated heterocycles. The number of phenolic OH excluding ortho intramolecular Hbond substituents is 1. The van der Waals surface area contributed by atoms with E-state index in [0.717, 1.165) is 24.8 Å². The molecule has 3 heteroatoms. The summed E-state index contributed by atoms with van der Waals surface area (Å²) in [6, 6.07) is 15.4. The lowest BCUT2D eigenvalue weighted by Crippen LogP contribution is -2.63. The Labute approximate surface area is 161 Å². The maximum absolute atomic E-state index is 11.8. The van der Waals surface area contributed by atoms with Crippen molar-refractivity contribution < 1.29 is 15.3 Å². The van der Waals surface area contributed by atoms with Gasteiger partial charge in [-0.1, -0.05) is 50.2 Å². The van der Waals surface area contributed by atoms with Crippen LogP contribution in [0.1, 0.15) is 62.6 Å². The van der Waals surface area contributed by atoms with Crippen LogP contribution in [0.5, 0.6) is 5.75 Å². The van der Waals surface area contributed by atoms with Crippen molar-refractivity contribution in [3.05, 3.63) is 65.2 Å². The first-order valence-electron chi connectivity index (χ1n) is 10.2. The summed E-state index contributed by atoms with van der Waals surface area (Å²) in [7, 11) is 0. The number of hydrogen-bond donors (Lipinski definition) is 3. The predicted molar refractivity (Wildman–Crippen MR) is 107 cm³/mol. The molecule has 2 aromatic carbocycles. The fourth-order valence-electron chi connectivity index (χ4n) is 5.97. The second-order valence-corrected chi connectivity index (χ2v) is 8.58. The van der Waals surface area contributed by atoms with E-state index < -0.39 is 11.2 Å². The van der Waals surface area contributed by atoms with E-state index in [-0.39, 0.29) is 5.41 Å². The highest BCUT2D eigenvalue weighted by Crippen LogP contribution is 2.60. The highest BCUT2D eigenvalue weighted by atomic mass is 16.4. The molecule has 3 N–H and O–H groups in total. The molecule has 0 aromatic heterocycles. The van der Waals surface area contributed by atoms with Crippen LogP contribution in [0, 0.1) is 5.92 Å². The van der Waals surface area contributed by atoms with Crippen LogP contribution in [0.25, 0.3) is 0 Å². The number of aryl methyl sites for hydroxylation is 1. The summed E-state index contributed by atoms with van der Waals surface area (Å²) >= 11 is 0. The highest BCUT2D eigenvalue weighted by molar-refractivity contribution is 5.45. The molecule has 2 aliphatic rings. The summed E-state index contributed by atoms with van der Waals surface area (Å²) in [5.74, 6) is 0.609. The third kappa shape index (κ3) is 2.55.